The van der Waals surface area contributed by atoms with Crippen LogP contribution in [-0.2, 0) is 11.3 Å². The van der Waals surface area contributed by atoms with E-state index in [9.17, 15) is 4.79 Å². The van der Waals surface area contributed by atoms with Crippen LogP contribution in [-0.4, -0.2) is 48.0 Å². The van der Waals surface area contributed by atoms with Crippen molar-refractivity contribution in [2.75, 3.05) is 13.1 Å². The number of aromatic nitrogens is 5. The normalized spacial score (nSPS) is 20.6. The highest BCUT2D eigenvalue weighted by atomic mass is 16.2. The van der Waals surface area contributed by atoms with Crippen LogP contribution in [0.15, 0.2) is 49.4 Å². The maximum Gasteiger partial charge on any atom is 0.242 e. The lowest BCUT2D eigenvalue weighted by atomic mass is 9.93. The molecular weight excluding hydrogens is 340 g/mol. The first-order valence-electron chi connectivity index (χ1n) is 9.37. The van der Waals surface area contributed by atoms with Crippen molar-refractivity contribution in [2.45, 2.75) is 25.9 Å². The summed E-state index contributed by atoms with van der Waals surface area (Å²) in [4.78, 5) is 26.5. The van der Waals surface area contributed by atoms with Gasteiger partial charge in [-0.2, -0.15) is 0 Å². The molecule has 1 amide bonds. The molecule has 0 radical (unpaired) electrons. The standard InChI is InChI=1S/C20H22N6O/c1-14-3-7-25(18(27)12-24-9-6-21-13-24)11-17(14)26-8-4-15-10-23-20-16(19(15)26)2-5-22-20/h2,4-6,8-10,13-14,17H,3,7,11-12H2,1H3,(H,22,23)/t14-,17+/m1/s1. The summed E-state index contributed by atoms with van der Waals surface area (Å²) in [7, 11) is 0. The van der Waals surface area contributed by atoms with Gasteiger partial charge in [-0.1, -0.05) is 6.92 Å². The molecule has 2 atom stereocenters. The van der Waals surface area contributed by atoms with Gasteiger partial charge < -0.3 is 19.0 Å². The lowest BCUT2D eigenvalue weighted by molar-refractivity contribution is -0.134. The Labute approximate surface area is 156 Å². The van der Waals surface area contributed by atoms with Crippen molar-refractivity contribution in [1.29, 1.82) is 0 Å². The fourth-order valence-electron chi connectivity index (χ4n) is 4.20. The maximum absolute atomic E-state index is 12.8. The number of piperidine rings is 1. The molecule has 0 unspecified atom stereocenters. The second-order valence-electron chi connectivity index (χ2n) is 7.43. The smallest absolute Gasteiger partial charge is 0.242 e. The quantitative estimate of drug-likeness (QED) is 0.609. The summed E-state index contributed by atoms with van der Waals surface area (Å²) in [6.07, 6.45) is 12.2. The Morgan fingerprint density at radius 2 is 2.26 bits per heavy atom. The number of carbonyl (C=O) groups excluding carboxylic acids is 1. The second kappa shape index (κ2) is 6.26. The lowest BCUT2D eigenvalue weighted by Gasteiger charge is -2.38. The Morgan fingerprint density at radius 1 is 1.33 bits per heavy atom. The third-order valence-electron chi connectivity index (χ3n) is 5.77. The second-order valence-corrected chi connectivity index (χ2v) is 7.43. The van der Waals surface area contributed by atoms with Gasteiger partial charge >= 0.3 is 0 Å². The molecule has 0 saturated carbocycles. The molecule has 7 nitrogen and oxygen atoms in total. The zero-order valence-corrected chi connectivity index (χ0v) is 15.2. The van der Waals surface area contributed by atoms with Gasteiger partial charge in [0, 0.05) is 54.8 Å². The van der Waals surface area contributed by atoms with E-state index in [-0.39, 0.29) is 11.9 Å². The molecule has 5 rings (SSSR count). The Kier molecular flexibility index (Phi) is 3.74. The number of carbonyl (C=O) groups is 1. The molecular formula is C20H22N6O. The Balaban J connectivity index is 1.47. The third-order valence-corrected chi connectivity index (χ3v) is 5.77. The molecule has 1 aliphatic rings. The van der Waals surface area contributed by atoms with Crippen molar-refractivity contribution < 1.29 is 4.79 Å². The number of hydrogen-bond acceptors (Lipinski definition) is 3. The number of likely N-dealkylation sites (tertiary alicyclic amines) is 1. The summed E-state index contributed by atoms with van der Waals surface area (Å²) < 4.78 is 4.17. The van der Waals surface area contributed by atoms with Crippen molar-refractivity contribution in [3.05, 3.63) is 49.4 Å². The number of amides is 1. The van der Waals surface area contributed by atoms with Gasteiger partial charge in [0.15, 0.2) is 0 Å². The van der Waals surface area contributed by atoms with Crippen molar-refractivity contribution in [1.82, 2.24) is 29.0 Å². The van der Waals surface area contributed by atoms with E-state index in [1.165, 1.54) is 5.52 Å². The Hall–Kier alpha value is -3.09. The van der Waals surface area contributed by atoms with Crippen LogP contribution in [0.4, 0.5) is 0 Å². The predicted octanol–water partition coefficient (Wildman–Crippen LogP) is 2.82. The van der Waals surface area contributed by atoms with E-state index < -0.39 is 0 Å². The SMILES string of the molecule is C[C@@H]1CCN(C(=O)Cn2ccnc2)C[C@@H]1n1ccc2cnc3[nH]ccc3c21. The van der Waals surface area contributed by atoms with Crippen molar-refractivity contribution in [2.24, 2.45) is 5.92 Å². The summed E-state index contributed by atoms with van der Waals surface area (Å²) in [5.74, 6) is 0.648. The van der Waals surface area contributed by atoms with Gasteiger partial charge in [0.1, 0.15) is 12.2 Å². The van der Waals surface area contributed by atoms with Crippen LogP contribution < -0.4 is 0 Å². The molecule has 138 valence electrons. The average molecular weight is 362 g/mol. The van der Waals surface area contributed by atoms with Gasteiger partial charge in [-0.3, -0.25) is 4.79 Å². The minimum Gasteiger partial charge on any atom is -0.346 e. The number of rotatable bonds is 3. The van der Waals surface area contributed by atoms with E-state index in [2.05, 4.69) is 44.8 Å². The molecule has 7 heteroatoms. The van der Waals surface area contributed by atoms with Gasteiger partial charge in [-0.15, -0.1) is 0 Å². The summed E-state index contributed by atoms with van der Waals surface area (Å²) >= 11 is 0. The first kappa shape index (κ1) is 16.1. The molecule has 1 saturated heterocycles. The van der Waals surface area contributed by atoms with Crippen LogP contribution >= 0.6 is 0 Å². The zero-order chi connectivity index (χ0) is 18.4. The fourth-order valence-corrected chi connectivity index (χ4v) is 4.20. The molecule has 1 fully saturated rings. The number of hydrogen-bond donors (Lipinski definition) is 1. The topological polar surface area (TPSA) is 71.7 Å². The monoisotopic (exact) mass is 362 g/mol. The van der Waals surface area contributed by atoms with Crippen molar-refractivity contribution >= 4 is 27.8 Å². The molecule has 0 bridgehead atoms. The van der Waals surface area contributed by atoms with E-state index >= 15 is 0 Å². The number of aromatic amines is 1. The zero-order valence-electron chi connectivity index (χ0n) is 15.2. The van der Waals surface area contributed by atoms with Crippen molar-refractivity contribution in [3.63, 3.8) is 0 Å². The minimum atomic E-state index is 0.148. The minimum absolute atomic E-state index is 0.148. The van der Waals surface area contributed by atoms with Crippen LogP contribution in [0.5, 0.6) is 0 Å². The largest absolute Gasteiger partial charge is 0.346 e. The number of nitrogens with zero attached hydrogens (tertiary/aromatic N) is 5. The summed E-state index contributed by atoms with van der Waals surface area (Å²) in [6, 6.07) is 4.45. The summed E-state index contributed by atoms with van der Waals surface area (Å²) in [5, 5.41) is 2.27. The highest BCUT2D eigenvalue weighted by molar-refractivity contribution is 6.02. The van der Waals surface area contributed by atoms with E-state index in [0.717, 1.165) is 35.9 Å². The molecule has 0 spiro atoms. The maximum atomic E-state index is 12.8. The van der Waals surface area contributed by atoms with E-state index in [4.69, 9.17) is 0 Å². The van der Waals surface area contributed by atoms with E-state index in [1.807, 2.05) is 28.1 Å². The highest BCUT2D eigenvalue weighted by Gasteiger charge is 2.31. The lowest BCUT2D eigenvalue weighted by Crippen LogP contribution is -2.45. The summed E-state index contributed by atoms with van der Waals surface area (Å²) in [5.41, 5.74) is 2.10. The summed E-state index contributed by atoms with van der Waals surface area (Å²) in [6.45, 7) is 4.17. The van der Waals surface area contributed by atoms with Crippen LogP contribution in [0.25, 0.3) is 21.9 Å². The Bertz CT molecular complexity index is 1090. The number of nitrogens with one attached hydrogen (secondary N) is 1. The van der Waals surface area contributed by atoms with Crippen LogP contribution in [0, 0.1) is 5.92 Å². The Morgan fingerprint density at radius 3 is 3.11 bits per heavy atom. The number of H-pyrrole nitrogens is 1. The van der Waals surface area contributed by atoms with Gasteiger partial charge in [0.25, 0.3) is 0 Å². The highest BCUT2D eigenvalue weighted by Crippen LogP contribution is 2.33. The molecule has 0 aromatic carbocycles. The van der Waals surface area contributed by atoms with Gasteiger partial charge in [-0.25, -0.2) is 9.97 Å². The molecule has 4 aromatic rings. The van der Waals surface area contributed by atoms with Crippen LogP contribution in [0.3, 0.4) is 0 Å². The molecule has 4 aromatic heterocycles. The van der Waals surface area contributed by atoms with Crippen LogP contribution in [0.1, 0.15) is 19.4 Å². The predicted molar refractivity (Wildman–Crippen MR) is 103 cm³/mol. The first-order chi connectivity index (χ1) is 13.2. The molecule has 1 aliphatic heterocycles. The number of pyridine rings is 1. The van der Waals surface area contributed by atoms with Crippen molar-refractivity contribution in [3.8, 4) is 0 Å². The first-order valence-corrected chi connectivity index (χ1v) is 9.37. The average Bonchev–Trinajstić information content (AvgIpc) is 3.41. The number of fused-ring (bicyclic) bond motifs is 3. The van der Waals surface area contributed by atoms with Crippen LogP contribution in [0.2, 0.25) is 0 Å². The van der Waals surface area contributed by atoms with E-state index in [0.29, 0.717) is 12.5 Å². The third kappa shape index (κ3) is 2.70. The fraction of sp³-hybridized carbons (Fsp3) is 0.350. The van der Waals surface area contributed by atoms with Gasteiger partial charge in [0.05, 0.1) is 17.9 Å². The molecule has 5 heterocycles. The van der Waals surface area contributed by atoms with Gasteiger partial charge in [0.2, 0.25) is 5.91 Å². The molecule has 1 N–H and O–H groups in total. The van der Waals surface area contributed by atoms with E-state index in [1.54, 1.807) is 12.5 Å². The number of imidazole rings is 1. The van der Waals surface area contributed by atoms with Gasteiger partial charge in [-0.05, 0) is 24.5 Å². The molecule has 0 aliphatic carbocycles. The molecule has 27 heavy (non-hydrogen) atoms.